The normalized spacial score (nSPS) is 10.2. The van der Waals surface area contributed by atoms with Crippen LogP contribution in [0.1, 0.15) is 10.4 Å². The maximum atomic E-state index is 13.3. The molecule has 1 amide bonds. The Balaban J connectivity index is 2.27. The molecule has 0 aliphatic heterocycles. The van der Waals surface area contributed by atoms with Crippen molar-refractivity contribution in [2.45, 2.75) is 0 Å². The van der Waals surface area contributed by atoms with Crippen LogP contribution in [0.3, 0.4) is 0 Å². The Morgan fingerprint density at radius 3 is 2.70 bits per heavy atom. The number of nitrogens with one attached hydrogen (secondary N) is 1. The Morgan fingerprint density at radius 2 is 2.05 bits per heavy atom. The number of methoxy groups -OCH3 is 1. The Morgan fingerprint density at radius 1 is 1.30 bits per heavy atom. The number of nitrogens with two attached hydrogens (primary N) is 1. The van der Waals surface area contributed by atoms with Crippen LogP contribution >= 0.6 is 11.6 Å². The summed E-state index contributed by atoms with van der Waals surface area (Å²) < 4.78 is 18.4. The summed E-state index contributed by atoms with van der Waals surface area (Å²) in [6.07, 6.45) is 0. The van der Waals surface area contributed by atoms with Gasteiger partial charge in [-0.1, -0.05) is 11.6 Å². The highest BCUT2D eigenvalue weighted by Gasteiger charge is 2.13. The highest BCUT2D eigenvalue weighted by atomic mass is 35.5. The zero-order valence-corrected chi connectivity index (χ0v) is 11.4. The molecule has 104 valence electrons. The Bertz CT molecular complexity index is 662. The molecule has 0 atom stereocenters. The fourth-order valence-corrected chi connectivity index (χ4v) is 1.79. The van der Waals surface area contributed by atoms with Gasteiger partial charge < -0.3 is 15.8 Å². The van der Waals surface area contributed by atoms with Gasteiger partial charge in [0.1, 0.15) is 11.6 Å². The predicted molar refractivity (Wildman–Crippen MR) is 76.8 cm³/mol. The van der Waals surface area contributed by atoms with Crippen LogP contribution in [-0.2, 0) is 0 Å². The minimum atomic E-state index is -0.607. The first-order valence-electron chi connectivity index (χ1n) is 5.71. The first-order chi connectivity index (χ1) is 9.51. The lowest BCUT2D eigenvalue weighted by Crippen LogP contribution is -2.13. The fraction of sp³-hybridized carbons (Fsp3) is 0.0714. The molecule has 0 aliphatic carbocycles. The van der Waals surface area contributed by atoms with E-state index in [-0.39, 0.29) is 10.6 Å². The molecule has 0 heterocycles. The highest BCUT2D eigenvalue weighted by molar-refractivity contribution is 6.30. The van der Waals surface area contributed by atoms with E-state index in [0.29, 0.717) is 17.1 Å². The van der Waals surface area contributed by atoms with Crippen LogP contribution in [0.2, 0.25) is 5.02 Å². The van der Waals surface area contributed by atoms with Crippen molar-refractivity contribution in [2.75, 3.05) is 18.2 Å². The monoisotopic (exact) mass is 294 g/mol. The molecule has 0 saturated heterocycles. The van der Waals surface area contributed by atoms with E-state index in [2.05, 4.69) is 5.32 Å². The van der Waals surface area contributed by atoms with Crippen molar-refractivity contribution in [3.05, 3.63) is 52.8 Å². The topological polar surface area (TPSA) is 64.3 Å². The van der Waals surface area contributed by atoms with Gasteiger partial charge in [-0.2, -0.15) is 0 Å². The van der Waals surface area contributed by atoms with Crippen molar-refractivity contribution in [3.63, 3.8) is 0 Å². The summed E-state index contributed by atoms with van der Waals surface area (Å²) in [6, 6.07) is 8.70. The lowest BCUT2D eigenvalue weighted by Gasteiger charge is -2.10. The van der Waals surface area contributed by atoms with Gasteiger partial charge in [-0.05, 0) is 36.4 Å². The van der Waals surface area contributed by atoms with Crippen LogP contribution in [0.15, 0.2) is 36.4 Å². The summed E-state index contributed by atoms with van der Waals surface area (Å²) in [5.41, 5.74) is 6.63. The van der Waals surface area contributed by atoms with Crippen LogP contribution in [0.25, 0.3) is 0 Å². The van der Waals surface area contributed by atoms with Crippen molar-refractivity contribution >= 4 is 28.9 Å². The number of halogens is 2. The van der Waals surface area contributed by atoms with Gasteiger partial charge >= 0.3 is 0 Å². The highest BCUT2D eigenvalue weighted by Crippen LogP contribution is 2.23. The molecule has 2 rings (SSSR count). The fourth-order valence-electron chi connectivity index (χ4n) is 1.68. The number of rotatable bonds is 3. The second kappa shape index (κ2) is 5.79. The molecule has 3 N–H and O–H groups in total. The van der Waals surface area contributed by atoms with Crippen LogP contribution in [0.4, 0.5) is 15.8 Å². The lowest BCUT2D eigenvalue weighted by molar-refractivity contribution is 0.102. The van der Waals surface area contributed by atoms with Gasteiger partial charge in [0.05, 0.1) is 17.7 Å². The molecule has 0 saturated carbocycles. The summed E-state index contributed by atoms with van der Waals surface area (Å²) >= 11 is 5.58. The standard InChI is InChI=1S/C14H12ClFN2O2/c1-20-13-5-2-8(17)6-10(13)14(19)18-9-3-4-11(15)12(16)7-9/h2-7H,17H2,1H3,(H,18,19). The van der Waals surface area contributed by atoms with Crippen molar-refractivity contribution in [1.82, 2.24) is 0 Å². The summed E-state index contributed by atoms with van der Waals surface area (Å²) in [6.45, 7) is 0. The van der Waals surface area contributed by atoms with E-state index < -0.39 is 11.7 Å². The number of ether oxygens (including phenoxy) is 1. The van der Waals surface area contributed by atoms with E-state index in [4.69, 9.17) is 22.1 Å². The second-order valence-electron chi connectivity index (χ2n) is 4.04. The summed E-state index contributed by atoms with van der Waals surface area (Å²) in [7, 11) is 1.45. The molecule has 6 heteroatoms. The Labute approximate surface area is 120 Å². The minimum Gasteiger partial charge on any atom is -0.496 e. The third-order valence-corrected chi connectivity index (χ3v) is 2.95. The van der Waals surface area contributed by atoms with Gasteiger partial charge in [0, 0.05) is 11.4 Å². The van der Waals surface area contributed by atoms with Crippen molar-refractivity contribution in [1.29, 1.82) is 0 Å². The first-order valence-corrected chi connectivity index (χ1v) is 6.09. The number of carbonyl (C=O) groups is 1. The Hall–Kier alpha value is -2.27. The number of hydrogen-bond donors (Lipinski definition) is 2. The summed E-state index contributed by atoms with van der Waals surface area (Å²) in [4.78, 5) is 12.1. The smallest absolute Gasteiger partial charge is 0.259 e. The number of amides is 1. The number of anilines is 2. The quantitative estimate of drug-likeness (QED) is 0.854. The molecule has 0 spiro atoms. The predicted octanol–water partition coefficient (Wildman–Crippen LogP) is 3.32. The van der Waals surface area contributed by atoms with E-state index in [1.807, 2.05) is 0 Å². The molecule has 0 bridgehead atoms. The molecule has 0 fully saturated rings. The van der Waals surface area contributed by atoms with Crippen molar-refractivity contribution < 1.29 is 13.9 Å². The zero-order valence-electron chi connectivity index (χ0n) is 10.6. The molecule has 0 radical (unpaired) electrons. The largest absolute Gasteiger partial charge is 0.496 e. The van der Waals surface area contributed by atoms with Gasteiger partial charge in [-0.15, -0.1) is 0 Å². The molecular formula is C14H12ClFN2O2. The SMILES string of the molecule is COc1ccc(N)cc1C(=O)Nc1ccc(Cl)c(F)c1. The number of hydrogen-bond acceptors (Lipinski definition) is 3. The van der Waals surface area contributed by atoms with Crippen molar-refractivity contribution in [2.24, 2.45) is 0 Å². The van der Waals surface area contributed by atoms with E-state index in [0.717, 1.165) is 6.07 Å². The molecule has 2 aromatic carbocycles. The average Bonchev–Trinajstić information content (AvgIpc) is 2.43. The van der Waals surface area contributed by atoms with E-state index in [1.165, 1.54) is 25.3 Å². The maximum Gasteiger partial charge on any atom is 0.259 e. The zero-order chi connectivity index (χ0) is 14.7. The van der Waals surface area contributed by atoms with Crippen LogP contribution in [0.5, 0.6) is 5.75 Å². The second-order valence-corrected chi connectivity index (χ2v) is 4.45. The molecule has 20 heavy (non-hydrogen) atoms. The lowest BCUT2D eigenvalue weighted by atomic mass is 10.1. The molecule has 2 aromatic rings. The third kappa shape index (κ3) is 3.00. The van der Waals surface area contributed by atoms with E-state index >= 15 is 0 Å². The number of carbonyl (C=O) groups excluding carboxylic acids is 1. The Kier molecular flexibility index (Phi) is 4.10. The van der Waals surface area contributed by atoms with Gasteiger partial charge in [0.2, 0.25) is 0 Å². The van der Waals surface area contributed by atoms with E-state index in [9.17, 15) is 9.18 Å². The number of nitrogen functional groups attached to an aromatic ring is 1. The third-order valence-electron chi connectivity index (χ3n) is 2.65. The molecule has 0 aliphatic rings. The van der Waals surface area contributed by atoms with Gasteiger partial charge in [0.15, 0.2) is 0 Å². The van der Waals surface area contributed by atoms with Crippen LogP contribution in [0, 0.1) is 5.82 Å². The van der Waals surface area contributed by atoms with Gasteiger partial charge in [0.25, 0.3) is 5.91 Å². The van der Waals surface area contributed by atoms with E-state index in [1.54, 1.807) is 12.1 Å². The van der Waals surface area contributed by atoms with Crippen LogP contribution < -0.4 is 15.8 Å². The minimum absolute atomic E-state index is 0.00969. The molecule has 4 nitrogen and oxygen atoms in total. The first kappa shape index (κ1) is 14.1. The van der Waals surface area contributed by atoms with Crippen molar-refractivity contribution in [3.8, 4) is 5.75 Å². The summed E-state index contributed by atoms with van der Waals surface area (Å²) in [5.74, 6) is -0.675. The maximum absolute atomic E-state index is 13.3. The molecular weight excluding hydrogens is 283 g/mol. The summed E-state index contributed by atoms with van der Waals surface area (Å²) in [5, 5.41) is 2.55. The van der Waals surface area contributed by atoms with Gasteiger partial charge in [-0.3, -0.25) is 4.79 Å². The van der Waals surface area contributed by atoms with Crippen LogP contribution in [-0.4, -0.2) is 13.0 Å². The number of benzene rings is 2. The van der Waals surface area contributed by atoms with Gasteiger partial charge in [-0.25, -0.2) is 4.39 Å². The molecule has 0 unspecified atom stereocenters. The average molecular weight is 295 g/mol. The molecule has 0 aromatic heterocycles.